The molecular formula is C11H15FO4. The van der Waals surface area contributed by atoms with E-state index in [9.17, 15) is 19.1 Å². The van der Waals surface area contributed by atoms with Gasteiger partial charge in [-0.3, -0.25) is 9.59 Å². The lowest BCUT2D eigenvalue weighted by atomic mass is 9.76. The van der Waals surface area contributed by atoms with Crippen molar-refractivity contribution in [1.82, 2.24) is 0 Å². The van der Waals surface area contributed by atoms with Gasteiger partial charge in [0.2, 0.25) is 0 Å². The molecule has 0 spiro atoms. The average Bonchev–Trinajstić information content (AvgIpc) is 2.54. The molecule has 2 unspecified atom stereocenters. The number of rotatable bonds is 1. The van der Waals surface area contributed by atoms with Crippen LogP contribution in [-0.2, 0) is 14.3 Å². The number of aliphatic hydroxyl groups is 1. The van der Waals surface area contributed by atoms with Gasteiger partial charge in [-0.25, -0.2) is 4.39 Å². The summed E-state index contributed by atoms with van der Waals surface area (Å²) in [6.07, 6.45) is -1.72. The van der Waals surface area contributed by atoms with E-state index in [1.54, 1.807) is 0 Å². The van der Waals surface area contributed by atoms with Crippen LogP contribution in [0.1, 0.15) is 19.3 Å². The molecule has 2 rings (SSSR count). The maximum atomic E-state index is 13.4. The zero-order chi connectivity index (χ0) is 11.9. The van der Waals surface area contributed by atoms with E-state index in [0.29, 0.717) is 0 Å². The quantitative estimate of drug-likeness (QED) is 0.525. The fraction of sp³-hybridized carbons (Fsp3) is 0.818. The Labute approximate surface area is 92.8 Å². The van der Waals surface area contributed by atoms with Crippen molar-refractivity contribution in [2.45, 2.75) is 31.5 Å². The van der Waals surface area contributed by atoms with Crippen LogP contribution in [-0.4, -0.2) is 36.2 Å². The second kappa shape index (κ2) is 4.13. The Hall–Kier alpha value is -0.970. The number of halogens is 1. The Morgan fingerprint density at radius 1 is 1.50 bits per heavy atom. The number of ketones is 1. The second-order valence-electron chi connectivity index (χ2n) is 4.65. The summed E-state index contributed by atoms with van der Waals surface area (Å²) in [4.78, 5) is 23.1. The Balaban J connectivity index is 2.17. The zero-order valence-electron chi connectivity index (χ0n) is 9.06. The molecule has 0 aromatic rings. The lowest BCUT2D eigenvalue weighted by Gasteiger charge is -2.32. The van der Waals surface area contributed by atoms with Crippen molar-refractivity contribution in [1.29, 1.82) is 0 Å². The molecule has 5 heteroatoms. The summed E-state index contributed by atoms with van der Waals surface area (Å²) in [6.45, 7) is 0. The van der Waals surface area contributed by atoms with Gasteiger partial charge in [0.25, 0.3) is 0 Å². The molecule has 2 aliphatic carbocycles. The molecule has 1 N–H and O–H groups in total. The van der Waals surface area contributed by atoms with E-state index in [2.05, 4.69) is 4.74 Å². The van der Waals surface area contributed by atoms with Gasteiger partial charge >= 0.3 is 5.97 Å². The Bertz CT molecular complexity index is 317. The monoisotopic (exact) mass is 230 g/mol. The molecule has 5 atom stereocenters. The van der Waals surface area contributed by atoms with Crippen molar-refractivity contribution < 1.29 is 23.8 Å². The predicted octanol–water partition coefficient (Wildman–Crippen LogP) is 0.474. The third-order valence-corrected chi connectivity index (χ3v) is 3.76. The fourth-order valence-corrected chi connectivity index (χ4v) is 2.94. The molecular weight excluding hydrogens is 215 g/mol. The van der Waals surface area contributed by atoms with Gasteiger partial charge in [0.05, 0.1) is 13.2 Å². The van der Waals surface area contributed by atoms with E-state index in [1.807, 2.05) is 0 Å². The van der Waals surface area contributed by atoms with Gasteiger partial charge in [0.1, 0.15) is 17.9 Å². The summed E-state index contributed by atoms with van der Waals surface area (Å²) in [5, 5.41) is 9.39. The van der Waals surface area contributed by atoms with Crippen LogP contribution in [0.25, 0.3) is 0 Å². The van der Waals surface area contributed by atoms with E-state index in [4.69, 9.17) is 0 Å². The number of carbonyl (C=O) groups excluding carboxylic acids is 2. The highest BCUT2D eigenvalue weighted by atomic mass is 19.1. The van der Waals surface area contributed by atoms with Crippen molar-refractivity contribution >= 4 is 11.8 Å². The number of hydrogen-bond acceptors (Lipinski definition) is 4. The summed E-state index contributed by atoms with van der Waals surface area (Å²) < 4.78 is 17.9. The van der Waals surface area contributed by atoms with Crippen molar-refractivity contribution in [3.8, 4) is 0 Å². The largest absolute Gasteiger partial charge is 0.468 e. The molecule has 90 valence electrons. The molecule has 2 fully saturated rings. The summed E-state index contributed by atoms with van der Waals surface area (Å²) >= 11 is 0. The van der Waals surface area contributed by atoms with Crippen LogP contribution in [0.2, 0.25) is 0 Å². The highest BCUT2D eigenvalue weighted by Gasteiger charge is 2.51. The molecule has 0 heterocycles. The van der Waals surface area contributed by atoms with Gasteiger partial charge in [-0.1, -0.05) is 0 Å². The average molecular weight is 230 g/mol. The number of alkyl halides is 1. The fourth-order valence-electron chi connectivity index (χ4n) is 2.94. The van der Waals surface area contributed by atoms with Gasteiger partial charge in [-0.05, 0) is 24.7 Å². The summed E-state index contributed by atoms with van der Waals surface area (Å²) in [5.74, 6) is -1.93. The maximum absolute atomic E-state index is 13.4. The van der Waals surface area contributed by atoms with E-state index in [1.165, 1.54) is 7.11 Å². The van der Waals surface area contributed by atoms with Crippen molar-refractivity contribution in [2.75, 3.05) is 7.11 Å². The van der Waals surface area contributed by atoms with Gasteiger partial charge in [-0.2, -0.15) is 0 Å². The van der Waals surface area contributed by atoms with Crippen LogP contribution in [0.5, 0.6) is 0 Å². The first-order chi connectivity index (χ1) is 7.54. The molecule has 0 aliphatic heterocycles. The number of hydrogen-bond donors (Lipinski definition) is 1. The van der Waals surface area contributed by atoms with E-state index >= 15 is 0 Å². The van der Waals surface area contributed by atoms with Gasteiger partial charge in [0, 0.05) is 6.42 Å². The van der Waals surface area contributed by atoms with Crippen molar-refractivity contribution in [3.05, 3.63) is 0 Å². The molecule has 0 aromatic heterocycles. The Morgan fingerprint density at radius 3 is 2.81 bits per heavy atom. The summed E-state index contributed by atoms with van der Waals surface area (Å²) in [5.41, 5.74) is 0. The first kappa shape index (κ1) is 11.5. The number of fused-ring (bicyclic) bond motifs is 1. The molecule has 4 nitrogen and oxygen atoms in total. The maximum Gasteiger partial charge on any atom is 0.316 e. The minimum Gasteiger partial charge on any atom is -0.468 e. The predicted molar refractivity (Wildman–Crippen MR) is 52.2 cm³/mol. The summed E-state index contributed by atoms with van der Waals surface area (Å²) in [7, 11) is 1.23. The van der Waals surface area contributed by atoms with E-state index in [0.717, 1.165) is 0 Å². The molecule has 0 bridgehead atoms. The topological polar surface area (TPSA) is 63.6 Å². The van der Waals surface area contributed by atoms with Crippen molar-refractivity contribution in [3.63, 3.8) is 0 Å². The minimum atomic E-state index is -1.33. The number of carbonyl (C=O) groups is 2. The van der Waals surface area contributed by atoms with Crippen LogP contribution in [0, 0.1) is 17.8 Å². The first-order valence-corrected chi connectivity index (χ1v) is 5.47. The lowest BCUT2D eigenvalue weighted by molar-refractivity contribution is -0.150. The molecule has 2 aliphatic rings. The van der Waals surface area contributed by atoms with Gasteiger partial charge in [-0.15, -0.1) is 0 Å². The number of aliphatic hydroxyl groups excluding tert-OH is 1. The van der Waals surface area contributed by atoms with Gasteiger partial charge < -0.3 is 9.84 Å². The van der Waals surface area contributed by atoms with Crippen LogP contribution in [0.15, 0.2) is 0 Å². The van der Waals surface area contributed by atoms with Crippen molar-refractivity contribution in [2.24, 2.45) is 17.8 Å². The van der Waals surface area contributed by atoms with E-state index < -0.39 is 24.2 Å². The smallest absolute Gasteiger partial charge is 0.316 e. The second-order valence-corrected chi connectivity index (χ2v) is 4.65. The van der Waals surface area contributed by atoms with Crippen LogP contribution < -0.4 is 0 Å². The number of methoxy groups -OCH3 is 1. The normalized spacial score (nSPS) is 42.9. The number of esters is 1. The first-order valence-electron chi connectivity index (χ1n) is 5.47. The zero-order valence-corrected chi connectivity index (χ0v) is 9.06. The number of Topliss-reactive ketones (excluding diaryl/α,β-unsaturated/α-hetero) is 1. The minimum absolute atomic E-state index is 0.0707. The SMILES string of the molecule is COC(=O)C1C(=O)C[C@@H]2C[C@H](O)[C@@H](F)CC12. The standard InChI is InChI=1S/C11H15FO4/c1-16-11(15)10-6-4-7(12)8(13)2-5(6)3-9(10)14/h5-8,10,13H,2-4H2,1H3/t5-,6?,7-,8-,10?/m0/s1. The summed E-state index contributed by atoms with van der Waals surface area (Å²) in [6, 6.07) is 0. The molecule has 16 heavy (non-hydrogen) atoms. The third-order valence-electron chi connectivity index (χ3n) is 3.76. The molecule has 2 saturated carbocycles. The van der Waals surface area contributed by atoms with Crippen LogP contribution in [0.4, 0.5) is 4.39 Å². The van der Waals surface area contributed by atoms with Crippen LogP contribution >= 0.6 is 0 Å². The Morgan fingerprint density at radius 2 is 2.19 bits per heavy atom. The molecule has 0 amide bonds. The molecule has 0 aromatic carbocycles. The highest BCUT2D eigenvalue weighted by Crippen LogP contribution is 2.45. The molecule has 0 saturated heterocycles. The van der Waals surface area contributed by atoms with E-state index in [-0.39, 0.29) is 36.9 Å². The van der Waals surface area contributed by atoms with Gasteiger partial charge in [0.15, 0.2) is 0 Å². The third kappa shape index (κ3) is 1.73. The Kier molecular flexibility index (Phi) is 2.97. The lowest BCUT2D eigenvalue weighted by Crippen LogP contribution is -2.38. The molecule has 0 radical (unpaired) electrons. The van der Waals surface area contributed by atoms with Crippen LogP contribution in [0.3, 0.4) is 0 Å². The highest BCUT2D eigenvalue weighted by molar-refractivity contribution is 6.01. The number of ether oxygens (including phenoxy) is 1.